The molecule has 3 heteroatoms. The van der Waals surface area contributed by atoms with Gasteiger partial charge < -0.3 is 10.2 Å². The molecule has 0 saturated carbocycles. The van der Waals surface area contributed by atoms with E-state index in [1.165, 1.54) is 25.1 Å². The van der Waals surface area contributed by atoms with E-state index in [-0.39, 0.29) is 0 Å². The molecule has 0 bridgehead atoms. The maximum atomic E-state index is 4.07. The smallest absolute Gasteiger partial charge is 0.0295 e. The first-order valence-electron chi connectivity index (χ1n) is 6.51. The summed E-state index contributed by atoms with van der Waals surface area (Å²) in [4.78, 5) is 6.48. The van der Waals surface area contributed by atoms with Crippen molar-refractivity contribution in [2.45, 2.75) is 32.4 Å². The standard InChI is InChI=1S/C14H23N3/c1-11-10-17(3)9-6-14(11)16-12(2)13-4-7-15-8-5-13/h4-5,7-8,11-12,14,16H,6,9-10H2,1-3H3. The van der Waals surface area contributed by atoms with Crippen LogP contribution in [-0.2, 0) is 0 Å². The number of hydrogen-bond acceptors (Lipinski definition) is 3. The number of likely N-dealkylation sites (tertiary alicyclic amines) is 1. The van der Waals surface area contributed by atoms with Crippen molar-refractivity contribution in [3.63, 3.8) is 0 Å². The van der Waals surface area contributed by atoms with Crippen LogP contribution >= 0.6 is 0 Å². The topological polar surface area (TPSA) is 28.2 Å². The Balaban J connectivity index is 1.93. The highest BCUT2D eigenvalue weighted by molar-refractivity contribution is 5.14. The van der Waals surface area contributed by atoms with Crippen LogP contribution in [0.5, 0.6) is 0 Å². The fourth-order valence-electron chi connectivity index (χ4n) is 2.67. The molecular formula is C14H23N3. The van der Waals surface area contributed by atoms with Crippen LogP contribution in [0.3, 0.4) is 0 Å². The third-order valence-corrected chi connectivity index (χ3v) is 3.78. The van der Waals surface area contributed by atoms with Gasteiger partial charge in [-0.05, 0) is 50.6 Å². The van der Waals surface area contributed by atoms with Gasteiger partial charge in [0.05, 0.1) is 0 Å². The van der Waals surface area contributed by atoms with E-state index in [0.717, 1.165) is 5.92 Å². The van der Waals surface area contributed by atoms with Gasteiger partial charge in [0.25, 0.3) is 0 Å². The van der Waals surface area contributed by atoms with Crippen LogP contribution in [-0.4, -0.2) is 36.1 Å². The summed E-state index contributed by atoms with van der Waals surface area (Å²) in [6.07, 6.45) is 4.98. The lowest BCUT2D eigenvalue weighted by Gasteiger charge is -2.37. The minimum absolute atomic E-state index is 0.411. The first-order chi connectivity index (χ1) is 8.16. The summed E-state index contributed by atoms with van der Waals surface area (Å²) in [5, 5.41) is 3.75. The van der Waals surface area contributed by atoms with Gasteiger partial charge in [0.15, 0.2) is 0 Å². The number of piperidine rings is 1. The molecule has 1 aromatic rings. The Morgan fingerprint density at radius 2 is 2.12 bits per heavy atom. The average molecular weight is 233 g/mol. The predicted molar refractivity (Wildman–Crippen MR) is 70.9 cm³/mol. The van der Waals surface area contributed by atoms with E-state index in [2.05, 4.69) is 48.2 Å². The fraction of sp³-hybridized carbons (Fsp3) is 0.643. The van der Waals surface area contributed by atoms with Gasteiger partial charge in [0.1, 0.15) is 0 Å². The lowest BCUT2D eigenvalue weighted by molar-refractivity contribution is 0.168. The molecule has 3 nitrogen and oxygen atoms in total. The molecule has 2 heterocycles. The van der Waals surface area contributed by atoms with Gasteiger partial charge in [-0.25, -0.2) is 0 Å². The summed E-state index contributed by atoms with van der Waals surface area (Å²) >= 11 is 0. The molecule has 1 saturated heterocycles. The zero-order valence-electron chi connectivity index (χ0n) is 11.1. The molecule has 1 fully saturated rings. The number of pyridine rings is 1. The SMILES string of the molecule is CC(NC1CCN(C)CC1C)c1ccncc1. The molecule has 0 radical (unpaired) electrons. The van der Waals surface area contributed by atoms with Crippen LogP contribution in [0.4, 0.5) is 0 Å². The molecule has 1 aliphatic heterocycles. The van der Waals surface area contributed by atoms with Crippen LogP contribution in [0.15, 0.2) is 24.5 Å². The fourth-order valence-corrected chi connectivity index (χ4v) is 2.67. The normalized spacial score (nSPS) is 27.9. The molecule has 2 rings (SSSR count). The lowest BCUT2D eigenvalue weighted by atomic mass is 9.93. The van der Waals surface area contributed by atoms with E-state index in [0.29, 0.717) is 12.1 Å². The molecule has 3 atom stereocenters. The molecule has 0 aromatic carbocycles. The van der Waals surface area contributed by atoms with Gasteiger partial charge in [-0.1, -0.05) is 6.92 Å². The molecule has 0 aliphatic carbocycles. The second kappa shape index (κ2) is 5.61. The third-order valence-electron chi connectivity index (χ3n) is 3.78. The van der Waals surface area contributed by atoms with E-state index in [1.807, 2.05) is 12.4 Å². The zero-order valence-corrected chi connectivity index (χ0v) is 11.1. The summed E-state index contributed by atoms with van der Waals surface area (Å²) in [6.45, 7) is 6.97. The van der Waals surface area contributed by atoms with Gasteiger partial charge in [0.2, 0.25) is 0 Å². The van der Waals surface area contributed by atoms with E-state index in [9.17, 15) is 0 Å². The lowest BCUT2D eigenvalue weighted by Crippen LogP contribution is -2.47. The Bertz CT molecular complexity index is 339. The molecule has 1 aromatic heterocycles. The van der Waals surface area contributed by atoms with Gasteiger partial charge in [-0.2, -0.15) is 0 Å². The van der Waals surface area contributed by atoms with Crippen LogP contribution < -0.4 is 5.32 Å². The van der Waals surface area contributed by atoms with Crippen molar-refractivity contribution in [1.29, 1.82) is 0 Å². The molecular weight excluding hydrogens is 210 g/mol. The second-order valence-electron chi connectivity index (χ2n) is 5.30. The van der Waals surface area contributed by atoms with Crippen molar-refractivity contribution in [1.82, 2.24) is 15.2 Å². The van der Waals surface area contributed by atoms with Crippen molar-refractivity contribution in [2.24, 2.45) is 5.92 Å². The maximum absolute atomic E-state index is 4.07. The third kappa shape index (κ3) is 3.27. The Hall–Kier alpha value is -0.930. The van der Waals surface area contributed by atoms with Crippen LogP contribution in [0.1, 0.15) is 31.9 Å². The monoisotopic (exact) mass is 233 g/mol. The quantitative estimate of drug-likeness (QED) is 0.866. The van der Waals surface area contributed by atoms with Crippen molar-refractivity contribution in [3.05, 3.63) is 30.1 Å². The highest BCUT2D eigenvalue weighted by atomic mass is 15.1. The minimum Gasteiger partial charge on any atom is -0.307 e. The van der Waals surface area contributed by atoms with Crippen molar-refractivity contribution < 1.29 is 0 Å². The summed E-state index contributed by atoms with van der Waals surface area (Å²) in [7, 11) is 2.21. The number of aromatic nitrogens is 1. The molecule has 1 N–H and O–H groups in total. The maximum Gasteiger partial charge on any atom is 0.0295 e. The van der Waals surface area contributed by atoms with Crippen molar-refractivity contribution in [3.8, 4) is 0 Å². The highest BCUT2D eigenvalue weighted by Gasteiger charge is 2.25. The molecule has 3 unspecified atom stereocenters. The molecule has 17 heavy (non-hydrogen) atoms. The van der Waals surface area contributed by atoms with E-state index < -0.39 is 0 Å². The average Bonchev–Trinajstić information content (AvgIpc) is 2.34. The van der Waals surface area contributed by atoms with Crippen molar-refractivity contribution in [2.75, 3.05) is 20.1 Å². The van der Waals surface area contributed by atoms with Gasteiger partial charge in [-0.3, -0.25) is 4.98 Å². The first-order valence-corrected chi connectivity index (χ1v) is 6.51. The van der Waals surface area contributed by atoms with Crippen LogP contribution in [0.25, 0.3) is 0 Å². The summed E-state index contributed by atoms with van der Waals surface area (Å²) in [6, 6.07) is 5.23. The molecule has 94 valence electrons. The van der Waals surface area contributed by atoms with E-state index in [1.54, 1.807) is 0 Å². The Morgan fingerprint density at radius 3 is 2.76 bits per heavy atom. The van der Waals surface area contributed by atoms with Gasteiger partial charge in [0, 0.05) is 31.0 Å². The number of hydrogen-bond donors (Lipinski definition) is 1. The zero-order chi connectivity index (χ0) is 12.3. The predicted octanol–water partition coefficient (Wildman–Crippen LogP) is 2.07. The van der Waals surface area contributed by atoms with Crippen LogP contribution in [0, 0.1) is 5.92 Å². The highest BCUT2D eigenvalue weighted by Crippen LogP contribution is 2.19. The Kier molecular flexibility index (Phi) is 4.13. The Labute approximate surface area is 104 Å². The van der Waals surface area contributed by atoms with Crippen LogP contribution in [0.2, 0.25) is 0 Å². The molecule has 0 spiro atoms. The summed E-state index contributed by atoms with van der Waals surface area (Å²) in [5.74, 6) is 0.720. The number of nitrogens with one attached hydrogen (secondary N) is 1. The molecule has 1 aliphatic rings. The van der Waals surface area contributed by atoms with Gasteiger partial charge in [-0.15, -0.1) is 0 Å². The van der Waals surface area contributed by atoms with Gasteiger partial charge >= 0.3 is 0 Å². The molecule has 0 amide bonds. The van der Waals surface area contributed by atoms with Crippen molar-refractivity contribution >= 4 is 0 Å². The van der Waals surface area contributed by atoms with E-state index in [4.69, 9.17) is 0 Å². The Morgan fingerprint density at radius 1 is 1.41 bits per heavy atom. The first kappa shape index (κ1) is 12.5. The minimum atomic E-state index is 0.411. The number of rotatable bonds is 3. The van der Waals surface area contributed by atoms with E-state index >= 15 is 0 Å². The largest absolute Gasteiger partial charge is 0.307 e. The second-order valence-corrected chi connectivity index (χ2v) is 5.30. The summed E-state index contributed by atoms with van der Waals surface area (Å²) in [5.41, 5.74) is 1.33. The number of nitrogens with zero attached hydrogens (tertiary/aromatic N) is 2. The summed E-state index contributed by atoms with van der Waals surface area (Å²) < 4.78 is 0.